The van der Waals surface area contributed by atoms with Crippen LogP contribution in [0, 0.1) is 0 Å². The Balaban J connectivity index is 2.20. The van der Waals surface area contributed by atoms with Gasteiger partial charge < -0.3 is 10.8 Å². The molecule has 0 aliphatic rings. The Morgan fingerprint density at radius 3 is 2.31 bits per heavy atom. The molecular formula is C13H14N2O. The van der Waals surface area contributed by atoms with E-state index in [4.69, 9.17) is 5.73 Å². The first-order chi connectivity index (χ1) is 7.79. The molecule has 0 aliphatic carbocycles. The van der Waals surface area contributed by atoms with Crippen molar-refractivity contribution >= 4 is 0 Å². The van der Waals surface area contributed by atoms with Crippen molar-refractivity contribution in [3.63, 3.8) is 0 Å². The molecule has 3 N–H and O–H groups in total. The van der Waals surface area contributed by atoms with Crippen LogP contribution < -0.4 is 5.73 Å². The summed E-state index contributed by atoms with van der Waals surface area (Å²) in [5.41, 5.74) is 7.48. The molecule has 16 heavy (non-hydrogen) atoms. The van der Waals surface area contributed by atoms with Crippen molar-refractivity contribution in [3.8, 4) is 0 Å². The largest absolute Gasteiger partial charge is 0.385 e. The van der Waals surface area contributed by atoms with E-state index in [1.165, 1.54) is 0 Å². The predicted octanol–water partition coefficient (Wildman–Crippen LogP) is 1.81. The number of aromatic nitrogens is 1. The topological polar surface area (TPSA) is 59.1 Å². The highest BCUT2D eigenvalue weighted by Gasteiger charge is 2.19. The van der Waals surface area contributed by atoms with Crippen LogP contribution >= 0.6 is 0 Å². The van der Waals surface area contributed by atoms with Crippen molar-refractivity contribution in [1.29, 1.82) is 0 Å². The number of hydrogen-bond acceptors (Lipinski definition) is 3. The number of aliphatic hydroxyl groups excluding tert-OH is 1. The zero-order valence-corrected chi connectivity index (χ0v) is 8.82. The lowest BCUT2D eigenvalue weighted by Gasteiger charge is -2.18. The zero-order chi connectivity index (χ0) is 11.4. The van der Waals surface area contributed by atoms with Gasteiger partial charge in [-0.15, -0.1) is 0 Å². The standard InChI is InChI=1S/C13H14N2O/c14-12(10-6-2-1-3-7-10)13(16)11-8-4-5-9-15-11/h1-9,12-13,16H,14H2/t12-,13+/m0/s1. The molecule has 2 aromatic rings. The molecule has 3 heteroatoms. The second-order valence-corrected chi connectivity index (χ2v) is 3.64. The summed E-state index contributed by atoms with van der Waals surface area (Å²) in [5, 5.41) is 10.1. The molecule has 2 rings (SSSR count). The highest BCUT2D eigenvalue weighted by atomic mass is 16.3. The second-order valence-electron chi connectivity index (χ2n) is 3.64. The minimum Gasteiger partial charge on any atom is -0.385 e. The van der Waals surface area contributed by atoms with Crippen molar-refractivity contribution in [1.82, 2.24) is 4.98 Å². The third kappa shape index (κ3) is 2.27. The summed E-state index contributed by atoms with van der Waals surface area (Å²) >= 11 is 0. The average Bonchev–Trinajstić information content (AvgIpc) is 2.39. The number of nitrogens with zero attached hydrogens (tertiary/aromatic N) is 1. The van der Waals surface area contributed by atoms with Crippen molar-refractivity contribution in [2.75, 3.05) is 0 Å². The molecule has 82 valence electrons. The van der Waals surface area contributed by atoms with Gasteiger partial charge in [0.1, 0.15) is 6.10 Å². The Labute approximate surface area is 94.6 Å². The summed E-state index contributed by atoms with van der Waals surface area (Å²) in [4.78, 5) is 4.10. The van der Waals surface area contributed by atoms with Gasteiger partial charge in [0.15, 0.2) is 0 Å². The van der Waals surface area contributed by atoms with Gasteiger partial charge in [0, 0.05) is 6.20 Å². The van der Waals surface area contributed by atoms with Gasteiger partial charge in [-0.3, -0.25) is 4.98 Å². The number of rotatable bonds is 3. The Kier molecular flexibility index (Phi) is 3.29. The molecule has 0 spiro atoms. The molecule has 2 atom stereocenters. The Morgan fingerprint density at radius 2 is 1.69 bits per heavy atom. The first-order valence-corrected chi connectivity index (χ1v) is 5.18. The summed E-state index contributed by atoms with van der Waals surface area (Å²) in [6.07, 6.45) is 0.875. The van der Waals surface area contributed by atoms with E-state index in [1.807, 2.05) is 42.5 Å². The first kappa shape index (κ1) is 10.8. The molecule has 1 heterocycles. The predicted molar refractivity (Wildman–Crippen MR) is 62.6 cm³/mol. The number of aliphatic hydroxyl groups is 1. The van der Waals surface area contributed by atoms with Crippen LogP contribution in [0.25, 0.3) is 0 Å². The quantitative estimate of drug-likeness (QED) is 0.819. The van der Waals surface area contributed by atoms with Crippen LogP contribution in [0.4, 0.5) is 0 Å². The molecule has 1 aromatic heterocycles. The van der Waals surface area contributed by atoms with Gasteiger partial charge in [-0.25, -0.2) is 0 Å². The molecule has 0 fully saturated rings. The maximum Gasteiger partial charge on any atom is 0.115 e. The lowest BCUT2D eigenvalue weighted by Crippen LogP contribution is -2.20. The van der Waals surface area contributed by atoms with Gasteiger partial charge in [0.2, 0.25) is 0 Å². The molecule has 0 aliphatic heterocycles. The summed E-state index contributed by atoms with van der Waals surface area (Å²) in [6.45, 7) is 0. The molecule has 0 amide bonds. The van der Waals surface area contributed by atoms with Crippen LogP contribution in [0.15, 0.2) is 54.7 Å². The van der Waals surface area contributed by atoms with Gasteiger partial charge >= 0.3 is 0 Å². The molecule has 0 radical (unpaired) electrons. The number of nitrogens with two attached hydrogens (primary N) is 1. The molecule has 0 saturated heterocycles. The Bertz CT molecular complexity index is 387. The van der Waals surface area contributed by atoms with Crippen LogP contribution in [0.1, 0.15) is 23.4 Å². The van der Waals surface area contributed by atoms with E-state index in [-0.39, 0.29) is 0 Å². The third-order valence-electron chi connectivity index (χ3n) is 2.52. The lowest BCUT2D eigenvalue weighted by molar-refractivity contribution is 0.142. The van der Waals surface area contributed by atoms with Crippen LogP contribution in [-0.2, 0) is 0 Å². The lowest BCUT2D eigenvalue weighted by atomic mass is 10.00. The summed E-state index contributed by atoms with van der Waals surface area (Å²) < 4.78 is 0. The van der Waals surface area contributed by atoms with E-state index in [0.717, 1.165) is 5.56 Å². The summed E-state index contributed by atoms with van der Waals surface area (Å²) in [7, 11) is 0. The van der Waals surface area contributed by atoms with Crippen LogP contribution in [0.5, 0.6) is 0 Å². The van der Waals surface area contributed by atoms with Crippen LogP contribution in [0.2, 0.25) is 0 Å². The van der Waals surface area contributed by atoms with Gasteiger partial charge in [0.25, 0.3) is 0 Å². The van der Waals surface area contributed by atoms with Crippen molar-refractivity contribution in [2.24, 2.45) is 5.73 Å². The van der Waals surface area contributed by atoms with Gasteiger partial charge in [-0.1, -0.05) is 36.4 Å². The normalized spacial score (nSPS) is 14.4. The van der Waals surface area contributed by atoms with E-state index in [1.54, 1.807) is 12.3 Å². The fourth-order valence-electron chi connectivity index (χ4n) is 1.59. The monoisotopic (exact) mass is 214 g/mol. The number of pyridine rings is 1. The Morgan fingerprint density at radius 1 is 1.00 bits per heavy atom. The molecule has 3 nitrogen and oxygen atoms in total. The van der Waals surface area contributed by atoms with E-state index in [2.05, 4.69) is 4.98 Å². The fourth-order valence-corrected chi connectivity index (χ4v) is 1.59. The second kappa shape index (κ2) is 4.88. The molecule has 0 bridgehead atoms. The summed E-state index contributed by atoms with van der Waals surface area (Å²) in [5.74, 6) is 0. The number of hydrogen-bond donors (Lipinski definition) is 2. The molecule has 1 aromatic carbocycles. The summed E-state index contributed by atoms with van der Waals surface area (Å²) in [6, 6.07) is 14.5. The fraction of sp³-hybridized carbons (Fsp3) is 0.154. The smallest absolute Gasteiger partial charge is 0.115 e. The van der Waals surface area contributed by atoms with E-state index in [9.17, 15) is 5.11 Å². The van der Waals surface area contributed by atoms with Crippen molar-refractivity contribution in [3.05, 3.63) is 66.0 Å². The third-order valence-corrected chi connectivity index (χ3v) is 2.52. The van der Waals surface area contributed by atoms with Gasteiger partial charge in [-0.05, 0) is 17.7 Å². The minimum atomic E-state index is -0.774. The zero-order valence-electron chi connectivity index (χ0n) is 8.82. The molecule has 0 saturated carbocycles. The maximum absolute atomic E-state index is 10.1. The van der Waals surface area contributed by atoms with E-state index < -0.39 is 12.1 Å². The highest BCUT2D eigenvalue weighted by Crippen LogP contribution is 2.24. The van der Waals surface area contributed by atoms with E-state index >= 15 is 0 Å². The van der Waals surface area contributed by atoms with E-state index in [0.29, 0.717) is 5.69 Å². The van der Waals surface area contributed by atoms with Crippen LogP contribution in [-0.4, -0.2) is 10.1 Å². The SMILES string of the molecule is N[C@@H](c1ccccc1)[C@H](O)c1ccccn1. The van der Waals surface area contributed by atoms with Crippen LogP contribution in [0.3, 0.4) is 0 Å². The number of benzene rings is 1. The molecule has 0 unspecified atom stereocenters. The minimum absolute atomic E-state index is 0.448. The Hall–Kier alpha value is -1.71. The van der Waals surface area contributed by atoms with Crippen molar-refractivity contribution < 1.29 is 5.11 Å². The van der Waals surface area contributed by atoms with Gasteiger partial charge in [-0.2, -0.15) is 0 Å². The maximum atomic E-state index is 10.1. The first-order valence-electron chi connectivity index (χ1n) is 5.18. The highest BCUT2D eigenvalue weighted by molar-refractivity contribution is 5.22. The molecular weight excluding hydrogens is 200 g/mol. The van der Waals surface area contributed by atoms with Crippen molar-refractivity contribution in [2.45, 2.75) is 12.1 Å². The average molecular weight is 214 g/mol. The van der Waals surface area contributed by atoms with Gasteiger partial charge in [0.05, 0.1) is 11.7 Å².